The van der Waals surface area contributed by atoms with E-state index in [4.69, 9.17) is 0 Å². The summed E-state index contributed by atoms with van der Waals surface area (Å²) in [5.74, 6) is -1.06. The second-order valence-electron chi connectivity index (χ2n) is 6.32. The zero-order valence-corrected chi connectivity index (χ0v) is 15.2. The van der Waals surface area contributed by atoms with E-state index in [1.54, 1.807) is 23.1 Å². The molecule has 5 heteroatoms. The van der Waals surface area contributed by atoms with Crippen LogP contribution >= 0.6 is 11.3 Å². The van der Waals surface area contributed by atoms with Crippen LogP contribution in [0.15, 0.2) is 78.2 Å². The Balaban J connectivity index is 1.77. The summed E-state index contributed by atoms with van der Waals surface area (Å²) >= 11 is 1.40. The van der Waals surface area contributed by atoms with Crippen LogP contribution in [0.25, 0.3) is 5.57 Å². The van der Waals surface area contributed by atoms with E-state index < -0.39 is 12.0 Å². The summed E-state index contributed by atoms with van der Waals surface area (Å²) in [6.45, 7) is 0.434. The highest BCUT2D eigenvalue weighted by atomic mass is 32.1. The Morgan fingerprint density at radius 3 is 2.37 bits per heavy atom. The molecule has 3 aromatic rings. The molecule has 1 N–H and O–H groups in total. The fraction of sp³-hybridized carbons (Fsp3) is 0.0909. The van der Waals surface area contributed by atoms with E-state index >= 15 is 0 Å². The number of amides is 1. The van der Waals surface area contributed by atoms with Crippen molar-refractivity contribution < 1.29 is 14.7 Å². The molecule has 1 unspecified atom stereocenters. The van der Waals surface area contributed by atoms with Crippen LogP contribution in [0.1, 0.15) is 32.4 Å². The maximum Gasteiger partial charge on any atom is 0.336 e. The first-order chi connectivity index (χ1) is 13.1. The zero-order valence-electron chi connectivity index (χ0n) is 14.4. The standard InChI is InChI=1S/C22H17NO3S/c24-21-20-17(11-12-27-20)19(23(21)14-15-7-3-1-4-8-15)13-18(22(25)26)16-9-5-2-6-10-16/h1-13,19H,14H2,(H,25,26)/b18-13+. The van der Waals surface area contributed by atoms with Gasteiger partial charge in [-0.25, -0.2) is 4.79 Å². The lowest BCUT2D eigenvalue weighted by Crippen LogP contribution is -2.27. The van der Waals surface area contributed by atoms with Crippen molar-refractivity contribution >= 4 is 28.8 Å². The number of carboxylic acid groups (broad SMARTS) is 1. The maximum atomic E-state index is 12.9. The van der Waals surface area contributed by atoms with Crippen molar-refractivity contribution in [2.75, 3.05) is 0 Å². The Bertz CT molecular complexity index is 1010. The van der Waals surface area contributed by atoms with Crippen molar-refractivity contribution in [3.05, 3.63) is 99.8 Å². The number of rotatable bonds is 5. The highest BCUT2D eigenvalue weighted by Gasteiger charge is 2.37. The van der Waals surface area contributed by atoms with Crippen molar-refractivity contribution in [2.45, 2.75) is 12.6 Å². The first-order valence-electron chi connectivity index (χ1n) is 8.58. The third-order valence-corrected chi connectivity index (χ3v) is 5.56. The second kappa shape index (κ2) is 7.21. The van der Waals surface area contributed by atoms with Crippen LogP contribution in [0.3, 0.4) is 0 Å². The van der Waals surface area contributed by atoms with E-state index in [-0.39, 0.29) is 11.5 Å². The summed E-state index contributed by atoms with van der Waals surface area (Å²) in [6.07, 6.45) is 1.69. The van der Waals surface area contributed by atoms with Crippen LogP contribution in [0.5, 0.6) is 0 Å². The Morgan fingerprint density at radius 2 is 1.70 bits per heavy atom. The Kier molecular flexibility index (Phi) is 4.60. The molecule has 0 aliphatic carbocycles. The lowest BCUT2D eigenvalue weighted by Gasteiger charge is -2.24. The summed E-state index contributed by atoms with van der Waals surface area (Å²) in [7, 11) is 0. The lowest BCUT2D eigenvalue weighted by atomic mass is 10.0. The molecule has 4 nitrogen and oxygen atoms in total. The predicted octanol–water partition coefficient (Wildman–Crippen LogP) is 4.61. The van der Waals surface area contributed by atoms with Crippen molar-refractivity contribution in [1.82, 2.24) is 4.90 Å². The van der Waals surface area contributed by atoms with E-state index in [9.17, 15) is 14.7 Å². The quantitative estimate of drug-likeness (QED) is 0.663. The highest BCUT2D eigenvalue weighted by molar-refractivity contribution is 7.12. The van der Waals surface area contributed by atoms with Gasteiger partial charge in [-0.1, -0.05) is 60.7 Å². The average Bonchev–Trinajstić information content (AvgIpc) is 3.25. The molecule has 0 saturated heterocycles. The number of hydrogen-bond donors (Lipinski definition) is 1. The number of thiophene rings is 1. The number of aliphatic carboxylic acids is 1. The molecule has 0 bridgehead atoms. The Morgan fingerprint density at radius 1 is 1.04 bits per heavy atom. The number of carboxylic acids is 1. The van der Waals surface area contributed by atoms with Gasteiger partial charge in [-0.15, -0.1) is 11.3 Å². The molecular weight excluding hydrogens is 358 g/mol. The molecule has 0 saturated carbocycles. The van der Waals surface area contributed by atoms with Crippen LogP contribution in [0.2, 0.25) is 0 Å². The highest BCUT2D eigenvalue weighted by Crippen LogP contribution is 2.40. The molecule has 2 aromatic carbocycles. The number of carbonyl (C=O) groups is 2. The number of hydrogen-bond acceptors (Lipinski definition) is 3. The number of benzene rings is 2. The first kappa shape index (κ1) is 17.2. The van der Waals surface area contributed by atoms with E-state index in [0.717, 1.165) is 11.1 Å². The molecule has 0 fully saturated rings. The molecular formula is C22H17NO3S. The summed E-state index contributed by atoms with van der Waals surface area (Å²) in [6, 6.07) is 20.3. The number of nitrogens with zero attached hydrogens (tertiary/aromatic N) is 1. The van der Waals surface area contributed by atoms with Crippen molar-refractivity contribution in [2.24, 2.45) is 0 Å². The summed E-state index contributed by atoms with van der Waals surface area (Å²) in [4.78, 5) is 27.3. The van der Waals surface area contributed by atoms with E-state index in [2.05, 4.69) is 0 Å². The van der Waals surface area contributed by atoms with Gasteiger partial charge < -0.3 is 10.0 Å². The van der Waals surface area contributed by atoms with Gasteiger partial charge in [-0.3, -0.25) is 4.79 Å². The van der Waals surface area contributed by atoms with Gasteiger partial charge in [-0.2, -0.15) is 0 Å². The van der Waals surface area contributed by atoms with Crippen LogP contribution < -0.4 is 0 Å². The number of carbonyl (C=O) groups excluding carboxylic acids is 1. The lowest BCUT2D eigenvalue weighted by molar-refractivity contribution is -0.130. The fourth-order valence-electron chi connectivity index (χ4n) is 3.35. The molecule has 1 atom stereocenters. The van der Waals surface area contributed by atoms with Gasteiger partial charge in [0.2, 0.25) is 0 Å². The molecule has 0 radical (unpaired) electrons. The third-order valence-electron chi connectivity index (χ3n) is 4.64. The number of fused-ring (bicyclic) bond motifs is 1. The van der Waals surface area contributed by atoms with Crippen molar-refractivity contribution in [3.8, 4) is 0 Å². The van der Waals surface area contributed by atoms with Gasteiger partial charge in [0.1, 0.15) is 0 Å². The topological polar surface area (TPSA) is 57.6 Å². The van der Waals surface area contributed by atoms with E-state index in [1.165, 1.54) is 11.3 Å². The molecule has 1 aliphatic heterocycles. The molecule has 134 valence electrons. The largest absolute Gasteiger partial charge is 0.478 e. The molecule has 1 aromatic heterocycles. The molecule has 4 rings (SSSR count). The van der Waals surface area contributed by atoms with Crippen molar-refractivity contribution in [1.29, 1.82) is 0 Å². The SMILES string of the molecule is O=C(O)/C(=C/C1c2ccsc2C(=O)N1Cc1ccccc1)c1ccccc1. The summed E-state index contributed by atoms with van der Waals surface area (Å²) in [5.41, 5.74) is 2.71. The van der Waals surface area contributed by atoms with Gasteiger partial charge in [0, 0.05) is 12.1 Å². The molecule has 27 heavy (non-hydrogen) atoms. The predicted molar refractivity (Wildman–Crippen MR) is 105 cm³/mol. The van der Waals surface area contributed by atoms with Gasteiger partial charge in [0.15, 0.2) is 0 Å². The van der Waals surface area contributed by atoms with E-state index in [1.807, 2.05) is 60.0 Å². The van der Waals surface area contributed by atoms with E-state index in [0.29, 0.717) is 17.0 Å². The zero-order chi connectivity index (χ0) is 18.8. The Labute approximate surface area is 161 Å². The monoisotopic (exact) mass is 375 g/mol. The van der Waals surface area contributed by atoms with Crippen LogP contribution in [0.4, 0.5) is 0 Å². The van der Waals surface area contributed by atoms with Gasteiger partial charge >= 0.3 is 5.97 Å². The summed E-state index contributed by atoms with van der Waals surface area (Å²) in [5, 5.41) is 11.6. The average molecular weight is 375 g/mol. The molecule has 0 spiro atoms. The van der Waals surface area contributed by atoms with Crippen LogP contribution in [-0.4, -0.2) is 21.9 Å². The molecule has 2 heterocycles. The van der Waals surface area contributed by atoms with Gasteiger partial charge in [0.25, 0.3) is 5.91 Å². The van der Waals surface area contributed by atoms with Crippen LogP contribution in [0, 0.1) is 0 Å². The third kappa shape index (κ3) is 3.29. The minimum atomic E-state index is -1.00. The van der Waals surface area contributed by atoms with Crippen LogP contribution in [-0.2, 0) is 11.3 Å². The van der Waals surface area contributed by atoms with Crippen molar-refractivity contribution in [3.63, 3.8) is 0 Å². The maximum absolute atomic E-state index is 12.9. The minimum Gasteiger partial charge on any atom is -0.478 e. The smallest absolute Gasteiger partial charge is 0.336 e. The van der Waals surface area contributed by atoms with Gasteiger partial charge in [-0.05, 0) is 28.6 Å². The first-order valence-corrected chi connectivity index (χ1v) is 9.46. The minimum absolute atomic E-state index is 0.0529. The molecule has 1 aliphatic rings. The summed E-state index contributed by atoms with van der Waals surface area (Å²) < 4.78 is 0. The second-order valence-corrected chi connectivity index (χ2v) is 7.24. The molecule has 1 amide bonds. The fourth-order valence-corrected chi connectivity index (χ4v) is 4.24. The van der Waals surface area contributed by atoms with Gasteiger partial charge in [0.05, 0.1) is 16.5 Å². The Hall–Kier alpha value is -3.18. The normalized spacial score (nSPS) is 16.4.